The molecule has 15 N–H and O–H groups in total. The lowest BCUT2D eigenvalue weighted by Gasteiger charge is -2.31. The minimum absolute atomic E-state index is 0.0227. The summed E-state index contributed by atoms with van der Waals surface area (Å²) in [5.41, 5.74) is 1.46. The molecule has 0 aromatic carbocycles. The number of aliphatic hydroxyl groups excluding tert-OH is 1. The number of carboxylic acids is 1. The molecule has 588 valence electrons. The van der Waals surface area contributed by atoms with E-state index >= 15 is 0 Å². The van der Waals surface area contributed by atoms with Crippen molar-refractivity contribution in [3.63, 3.8) is 0 Å². The van der Waals surface area contributed by atoms with Crippen LogP contribution in [0, 0.1) is 17.3 Å². The lowest BCUT2D eigenvalue weighted by atomic mass is 9.76. The number of aliphatic imine (C=N–C) groups is 1. The molecule has 0 saturated heterocycles. The van der Waals surface area contributed by atoms with Crippen LogP contribution in [-0.4, -0.2) is 209 Å². The highest BCUT2D eigenvalue weighted by Gasteiger charge is 2.39. The molecule has 103 heavy (non-hydrogen) atoms. The smallest absolute Gasteiger partial charge is 0.407 e. The van der Waals surface area contributed by atoms with Gasteiger partial charge in [0.2, 0.25) is 41.4 Å². The van der Waals surface area contributed by atoms with Gasteiger partial charge in [0, 0.05) is 51.3 Å². The molecule has 1 aliphatic carbocycles. The van der Waals surface area contributed by atoms with E-state index in [0.717, 1.165) is 0 Å². The molecule has 0 unspecified atom stereocenters. The number of carboxylic acid groups (broad SMARTS) is 1. The summed E-state index contributed by atoms with van der Waals surface area (Å²) in [6.45, 7) is 36.9. The average Bonchev–Trinajstić information content (AvgIpc) is 0.809. The largest absolute Gasteiger partial charge is 0.511 e. The molecule has 1 aliphatic rings. The molecular formula is C70H123N13O20. The Morgan fingerprint density at radius 1 is 0.456 bits per heavy atom. The summed E-state index contributed by atoms with van der Waals surface area (Å²) in [6.07, 6.45) is -5.85. The Bertz CT molecular complexity index is 2990. The van der Waals surface area contributed by atoms with Crippen LogP contribution in [0.4, 0.5) is 19.2 Å². The van der Waals surface area contributed by atoms with Crippen molar-refractivity contribution in [3.8, 4) is 0 Å². The number of amides is 11. The highest BCUT2D eigenvalue weighted by atomic mass is 16.6. The number of nitrogens with zero attached hydrogens (tertiary/aromatic N) is 1. The predicted molar refractivity (Wildman–Crippen MR) is 384 cm³/mol. The van der Waals surface area contributed by atoms with Crippen molar-refractivity contribution in [1.29, 1.82) is 0 Å². The molecule has 0 spiro atoms. The maximum Gasteiger partial charge on any atom is 0.407 e. The van der Waals surface area contributed by atoms with E-state index in [1.54, 1.807) is 132 Å². The Labute approximate surface area is 607 Å². The third-order valence-electron chi connectivity index (χ3n) is 14.5. The van der Waals surface area contributed by atoms with E-state index in [0.29, 0.717) is 0 Å². The first-order valence-corrected chi connectivity index (χ1v) is 35.1. The quantitative estimate of drug-likeness (QED) is 0.0293. The summed E-state index contributed by atoms with van der Waals surface area (Å²) < 4.78 is 27.2. The summed E-state index contributed by atoms with van der Waals surface area (Å²) in [6, 6.07) is -12.3. The van der Waals surface area contributed by atoms with E-state index in [2.05, 4.69) is 63.5 Å². The van der Waals surface area contributed by atoms with Crippen LogP contribution in [0.1, 0.15) is 217 Å². The van der Waals surface area contributed by atoms with Crippen molar-refractivity contribution in [2.75, 3.05) is 32.7 Å². The van der Waals surface area contributed by atoms with Gasteiger partial charge in [-0.1, -0.05) is 41.5 Å². The Hall–Kier alpha value is -8.36. The second-order valence-corrected chi connectivity index (χ2v) is 32.4. The highest BCUT2D eigenvalue weighted by molar-refractivity contribution is 6.22. The van der Waals surface area contributed by atoms with Gasteiger partial charge in [-0.05, 0) is 180 Å². The molecule has 0 aliphatic heterocycles. The second-order valence-electron chi connectivity index (χ2n) is 32.4. The number of ketones is 1. The van der Waals surface area contributed by atoms with E-state index in [9.17, 15) is 72.5 Å². The normalized spacial score (nSPS) is 16.3. The summed E-state index contributed by atoms with van der Waals surface area (Å²) in [5.74, 6) is -9.39. The molecule has 0 aromatic heterocycles. The number of aliphatic carboxylic acids is 1. The van der Waals surface area contributed by atoms with Crippen molar-refractivity contribution in [1.82, 2.24) is 58.5 Å². The third-order valence-corrected chi connectivity index (χ3v) is 14.5. The van der Waals surface area contributed by atoms with Crippen molar-refractivity contribution in [2.24, 2.45) is 28.0 Å². The summed E-state index contributed by atoms with van der Waals surface area (Å²) in [4.78, 5) is 183. The minimum atomic E-state index is -1.66. The fourth-order valence-corrected chi connectivity index (χ4v) is 10.2. The zero-order valence-electron chi connectivity index (χ0n) is 65.0. The predicted octanol–water partition coefficient (Wildman–Crippen LogP) is 4.80. The second kappa shape index (κ2) is 41.2. The van der Waals surface area contributed by atoms with Gasteiger partial charge in [0.05, 0.1) is 23.3 Å². The van der Waals surface area contributed by atoms with Crippen molar-refractivity contribution in [2.45, 2.75) is 299 Å². The molecule has 0 saturated carbocycles. The number of aliphatic hydroxyl groups is 1. The number of nitrogens with two attached hydrogens (primary N) is 1. The van der Waals surface area contributed by atoms with Crippen LogP contribution >= 0.6 is 0 Å². The first-order chi connectivity index (χ1) is 47.0. The lowest BCUT2D eigenvalue weighted by Crippen LogP contribution is -2.61. The fourth-order valence-electron chi connectivity index (χ4n) is 10.2. The number of rotatable bonds is 37. The van der Waals surface area contributed by atoms with Gasteiger partial charge in [-0.3, -0.25) is 43.3 Å². The minimum Gasteiger partial charge on any atom is -0.511 e. The first kappa shape index (κ1) is 92.7. The molecule has 33 heteroatoms. The van der Waals surface area contributed by atoms with Crippen LogP contribution in [0.15, 0.2) is 16.3 Å². The maximum absolute atomic E-state index is 14.9. The molecule has 0 radical (unpaired) electrons. The van der Waals surface area contributed by atoms with Crippen molar-refractivity contribution in [3.05, 3.63) is 11.3 Å². The molecule has 0 fully saturated rings. The molecule has 9 atom stereocenters. The monoisotopic (exact) mass is 1470 g/mol. The Balaban J connectivity index is 3.98. The van der Waals surface area contributed by atoms with Crippen molar-refractivity contribution >= 4 is 83.2 Å². The number of nitrogens with one attached hydrogen (secondary N) is 11. The lowest BCUT2D eigenvalue weighted by molar-refractivity contribution is -0.150. The molecule has 11 amide bonds. The molecule has 0 heterocycles. The van der Waals surface area contributed by atoms with Gasteiger partial charge in [0.15, 0.2) is 11.8 Å². The number of carbonyl (C=O) groups is 13. The summed E-state index contributed by atoms with van der Waals surface area (Å²) in [5, 5.41) is 49.5. The SMILES string of the molecule is CC(=NCC[C@H](NC(=O)[C@@H](N)CCNC(=O)OC(C)(C)C)C(=O)N[C@@H](CCNC(=O)OC(C)(C)C)C(=O)N[C@H](CC(C)C)C(=O)N[C@@H](CC(C)C)C(=O)N[C@@H](CCNC(=O)OC(C)(C)C)C(=O)N[C@@H](CCNC(=O)OC(C)(C)C)C(=O)N[C@H](C(=O)O)[C@@H](C)OC(C)(C)C)C1=C(O)CC(C)(C)CC1=O. The van der Waals surface area contributed by atoms with E-state index in [-0.39, 0.29) is 125 Å². The van der Waals surface area contributed by atoms with E-state index in [1.165, 1.54) is 13.8 Å². The van der Waals surface area contributed by atoms with Gasteiger partial charge in [-0.15, -0.1) is 0 Å². The standard InChI is InChI=1S/C70H123N13O20/c1-38(2)34-47(58(91)80-44(26-31-74-62(96)101-67(13,14)15)55(88)79-46(28-33-76-64(98)103-69(19,20)21)57(90)83-52(60(93)94)41(6)99-65(7,8)9)82-59(92)48(35-39(3)4)81-56(89)45(27-32-75-63(97)102-68(16,17)18)78-54(87)43(77-53(86)42(71)24-29-73-61(95)100-66(10,11)12)25-30-72-40(5)51-49(84)36-70(22,23)37-50(51)85/h38-39,41-48,52,84H,24-37,71H2,1-23H3,(H,73,95)(H,74,96)(H,75,97)(H,76,98)(H,77,86)(H,78,87)(H,79,88)(H,80,91)(H,81,89)(H,82,92)(H,83,90)(H,93,94)/t41-,42+,43+,44+,45+,46+,47+,48-,52+/m1/s1. The van der Waals surface area contributed by atoms with E-state index in [4.69, 9.17) is 29.4 Å². The fraction of sp³-hybridized carbons (Fsp3) is 0.771. The Morgan fingerprint density at radius 2 is 0.757 bits per heavy atom. The number of ether oxygens (including phenoxy) is 5. The number of carbonyl (C=O) groups excluding carboxylic acids is 12. The number of alkyl carbamates (subject to hydrolysis) is 4. The summed E-state index contributed by atoms with van der Waals surface area (Å²) in [7, 11) is 0. The molecule has 33 nitrogen and oxygen atoms in total. The van der Waals surface area contributed by atoms with Crippen LogP contribution in [-0.2, 0) is 66.8 Å². The van der Waals surface area contributed by atoms with Gasteiger partial charge in [-0.25, -0.2) is 24.0 Å². The van der Waals surface area contributed by atoms with Crippen LogP contribution in [0.2, 0.25) is 0 Å². The maximum atomic E-state index is 14.9. The number of allylic oxidation sites excluding steroid dienone is 2. The van der Waals surface area contributed by atoms with Gasteiger partial charge >= 0.3 is 30.3 Å². The van der Waals surface area contributed by atoms with Crippen LogP contribution in [0.3, 0.4) is 0 Å². The summed E-state index contributed by atoms with van der Waals surface area (Å²) >= 11 is 0. The average molecular weight is 1470 g/mol. The molecule has 0 bridgehead atoms. The van der Waals surface area contributed by atoms with Crippen LogP contribution in [0.25, 0.3) is 0 Å². The molecule has 1 rings (SSSR count). The van der Waals surface area contributed by atoms with Gasteiger partial charge in [-0.2, -0.15) is 0 Å². The van der Waals surface area contributed by atoms with E-state index < -0.39 is 160 Å². The van der Waals surface area contributed by atoms with E-state index in [1.807, 2.05) is 13.8 Å². The molecular weight excluding hydrogens is 1340 g/mol. The van der Waals surface area contributed by atoms with Crippen LogP contribution in [0.5, 0.6) is 0 Å². The number of hydrogen-bond acceptors (Lipinski definition) is 21. The van der Waals surface area contributed by atoms with Gasteiger partial charge < -0.3 is 98.1 Å². The third kappa shape index (κ3) is 39.8. The number of hydrogen-bond donors (Lipinski definition) is 14. The Morgan fingerprint density at radius 3 is 1.07 bits per heavy atom. The van der Waals surface area contributed by atoms with Gasteiger partial charge in [0.1, 0.15) is 64.4 Å². The molecule has 0 aromatic rings. The zero-order valence-corrected chi connectivity index (χ0v) is 65.0. The zero-order chi connectivity index (χ0) is 79.5. The highest BCUT2D eigenvalue weighted by Crippen LogP contribution is 2.36. The first-order valence-electron chi connectivity index (χ1n) is 35.1. The Kier molecular flexibility index (Phi) is 37.1. The number of Topliss-reactive ketones (excluding diaryl/α,β-unsaturated/α-hetero) is 1. The van der Waals surface area contributed by atoms with Crippen LogP contribution < -0.4 is 64.2 Å². The topological polar surface area (TPSA) is 479 Å². The van der Waals surface area contributed by atoms with Gasteiger partial charge in [0.25, 0.3) is 0 Å². The van der Waals surface area contributed by atoms with Crippen molar-refractivity contribution < 1.29 is 96.2 Å².